The van der Waals surface area contributed by atoms with Crippen LogP contribution in [0.5, 0.6) is 0 Å². The Labute approximate surface area is 81.3 Å². The average Bonchev–Trinajstić information content (AvgIpc) is 2.17. The molecule has 2 nitrogen and oxygen atoms in total. The molecule has 0 fully saturated rings. The third kappa shape index (κ3) is 1.50. The summed E-state index contributed by atoms with van der Waals surface area (Å²) < 4.78 is 0. The number of rotatable bonds is 1. The van der Waals surface area contributed by atoms with Gasteiger partial charge in [0.1, 0.15) is 5.15 Å². The topological polar surface area (TPSA) is 38.9 Å². The van der Waals surface area contributed by atoms with Gasteiger partial charge in [0.2, 0.25) is 0 Å². The second-order valence-corrected chi connectivity index (χ2v) is 3.24. The average molecular weight is 193 g/mol. The third-order valence-corrected chi connectivity index (χ3v) is 2.25. The number of nitrogens with two attached hydrogens (primary N) is 1. The Hall–Kier alpha value is -1.12. The van der Waals surface area contributed by atoms with E-state index in [4.69, 9.17) is 17.3 Å². The van der Waals surface area contributed by atoms with Crippen molar-refractivity contribution in [3.63, 3.8) is 0 Å². The van der Waals surface area contributed by atoms with E-state index < -0.39 is 0 Å². The van der Waals surface area contributed by atoms with Crippen LogP contribution in [0.25, 0.3) is 10.8 Å². The van der Waals surface area contributed by atoms with Crippen LogP contribution in [0.15, 0.2) is 30.5 Å². The van der Waals surface area contributed by atoms with Gasteiger partial charge < -0.3 is 5.73 Å². The van der Waals surface area contributed by atoms with Gasteiger partial charge in [-0.15, -0.1) is 0 Å². The summed E-state index contributed by atoms with van der Waals surface area (Å²) in [5.41, 5.74) is 6.70. The van der Waals surface area contributed by atoms with Gasteiger partial charge in [0, 0.05) is 18.1 Å². The molecule has 13 heavy (non-hydrogen) atoms. The van der Waals surface area contributed by atoms with Crippen LogP contribution in [-0.4, -0.2) is 4.98 Å². The lowest BCUT2D eigenvalue weighted by atomic mass is 10.1. The van der Waals surface area contributed by atoms with Gasteiger partial charge >= 0.3 is 0 Å². The van der Waals surface area contributed by atoms with Crippen LogP contribution < -0.4 is 5.73 Å². The van der Waals surface area contributed by atoms with E-state index in [1.54, 1.807) is 6.20 Å². The molecule has 0 atom stereocenters. The third-order valence-electron chi connectivity index (χ3n) is 2.04. The summed E-state index contributed by atoms with van der Waals surface area (Å²) in [6, 6.07) is 7.82. The Bertz CT molecular complexity index is 440. The van der Waals surface area contributed by atoms with E-state index in [9.17, 15) is 0 Å². The molecule has 1 aromatic heterocycles. The molecule has 1 aromatic carbocycles. The Kier molecular flexibility index (Phi) is 2.17. The number of halogens is 1. The maximum absolute atomic E-state index is 5.80. The normalized spacial score (nSPS) is 10.6. The smallest absolute Gasteiger partial charge is 0.129 e. The van der Waals surface area contributed by atoms with Crippen LogP contribution in [0.4, 0.5) is 0 Å². The van der Waals surface area contributed by atoms with E-state index in [2.05, 4.69) is 4.98 Å². The Morgan fingerprint density at radius 2 is 2.23 bits per heavy atom. The standard InChI is InChI=1S/C10H9ClN2/c11-10-4-9-7(5-12)2-1-3-8(9)6-13-10/h1-4,6H,5,12H2. The summed E-state index contributed by atoms with van der Waals surface area (Å²) in [5.74, 6) is 0. The highest BCUT2D eigenvalue weighted by Gasteiger charge is 1.99. The SMILES string of the molecule is NCc1cccc2cnc(Cl)cc12. The van der Waals surface area contributed by atoms with Gasteiger partial charge in [-0.1, -0.05) is 29.8 Å². The molecule has 3 heteroatoms. The van der Waals surface area contributed by atoms with E-state index in [1.807, 2.05) is 24.3 Å². The fourth-order valence-corrected chi connectivity index (χ4v) is 1.54. The van der Waals surface area contributed by atoms with Gasteiger partial charge in [-0.3, -0.25) is 0 Å². The maximum atomic E-state index is 5.80. The molecule has 0 aliphatic rings. The lowest BCUT2D eigenvalue weighted by Crippen LogP contribution is -1.96. The van der Waals surface area contributed by atoms with Gasteiger partial charge in [0.25, 0.3) is 0 Å². The molecule has 0 saturated carbocycles. The number of pyridine rings is 1. The van der Waals surface area contributed by atoms with E-state index in [-0.39, 0.29) is 0 Å². The van der Waals surface area contributed by atoms with Crippen molar-refractivity contribution in [2.45, 2.75) is 6.54 Å². The monoisotopic (exact) mass is 192 g/mol. The first-order chi connectivity index (χ1) is 6.31. The van der Waals surface area contributed by atoms with Crippen molar-refractivity contribution in [3.05, 3.63) is 41.2 Å². The largest absolute Gasteiger partial charge is 0.326 e. The number of aromatic nitrogens is 1. The highest BCUT2D eigenvalue weighted by molar-refractivity contribution is 6.30. The van der Waals surface area contributed by atoms with Gasteiger partial charge in [-0.25, -0.2) is 4.98 Å². The molecule has 2 rings (SSSR count). The first-order valence-corrected chi connectivity index (χ1v) is 4.42. The summed E-state index contributed by atoms with van der Waals surface area (Å²) in [4.78, 5) is 4.01. The zero-order valence-electron chi connectivity index (χ0n) is 7.00. The maximum Gasteiger partial charge on any atom is 0.129 e. The van der Waals surface area contributed by atoms with Gasteiger partial charge in [0.05, 0.1) is 0 Å². The van der Waals surface area contributed by atoms with Crippen molar-refractivity contribution >= 4 is 22.4 Å². The predicted molar refractivity (Wildman–Crippen MR) is 54.6 cm³/mol. The second-order valence-electron chi connectivity index (χ2n) is 2.85. The highest BCUT2D eigenvalue weighted by atomic mass is 35.5. The second kappa shape index (κ2) is 3.32. The van der Waals surface area contributed by atoms with Crippen molar-refractivity contribution < 1.29 is 0 Å². The number of hydrogen-bond donors (Lipinski definition) is 1. The molecule has 1 heterocycles. The molecule has 66 valence electrons. The van der Waals surface area contributed by atoms with Crippen molar-refractivity contribution in [3.8, 4) is 0 Å². The van der Waals surface area contributed by atoms with Crippen LogP contribution in [0.1, 0.15) is 5.56 Å². The number of benzene rings is 1. The van der Waals surface area contributed by atoms with E-state index >= 15 is 0 Å². The van der Waals surface area contributed by atoms with Crippen LogP contribution in [0, 0.1) is 0 Å². The molecule has 0 spiro atoms. The summed E-state index contributed by atoms with van der Waals surface area (Å²) >= 11 is 5.80. The summed E-state index contributed by atoms with van der Waals surface area (Å²) in [6.07, 6.45) is 1.76. The Morgan fingerprint density at radius 3 is 3.00 bits per heavy atom. The van der Waals surface area contributed by atoms with Gasteiger partial charge in [0.15, 0.2) is 0 Å². The molecule has 0 amide bonds. The lowest BCUT2D eigenvalue weighted by Gasteiger charge is -2.03. The van der Waals surface area contributed by atoms with Crippen LogP contribution in [-0.2, 0) is 6.54 Å². The molecule has 0 saturated heterocycles. The Balaban J connectivity index is 2.79. The highest BCUT2D eigenvalue weighted by Crippen LogP contribution is 2.20. The zero-order valence-corrected chi connectivity index (χ0v) is 7.75. The molecular formula is C10H9ClN2. The molecule has 2 aromatic rings. The van der Waals surface area contributed by atoms with Gasteiger partial charge in [-0.2, -0.15) is 0 Å². The molecule has 0 radical (unpaired) electrons. The molecule has 0 bridgehead atoms. The quantitative estimate of drug-likeness (QED) is 0.705. The number of nitrogens with zero attached hydrogens (tertiary/aromatic N) is 1. The minimum Gasteiger partial charge on any atom is -0.326 e. The first-order valence-electron chi connectivity index (χ1n) is 4.04. The lowest BCUT2D eigenvalue weighted by molar-refractivity contribution is 1.09. The van der Waals surface area contributed by atoms with Gasteiger partial charge in [-0.05, 0) is 17.0 Å². The molecule has 2 N–H and O–H groups in total. The minimum absolute atomic E-state index is 0.508. The van der Waals surface area contributed by atoms with Crippen LogP contribution >= 0.6 is 11.6 Å². The summed E-state index contributed by atoms with van der Waals surface area (Å²) in [7, 11) is 0. The molecular weight excluding hydrogens is 184 g/mol. The summed E-state index contributed by atoms with van der Waals surface area (Å²) in [5, 5.41) is 2.67. The first kappa shape index (κ1) is 8.48. The van der Waals surface area contributed by atoms with E-state index in [1.165, 1.54) is 0 Å². The molecule has 0 aliphatic heterocycles. The predicted octanol–water partition coefficient (Wildman–Crippen LogP) is 2.35. The molecule has 0 unspecified atom stereocenters. The van der Waals surface area contributed by atoms with Crippen LogP contribution in [0.2, 0.25) is 5.15 Å². The van der Waals surface area contributed by atoms with Crippen molar-refractivity contribution in [2.75, 3.05) is 0 Å². The van der Waals surface area contributed by atoms with Crippen molar-refractivity contribution in [2.24, 2.45) is 5.73 Å². The number of fused-ring (bicyclic) bond motifs is 1. The van der Waals surface area contributed by atoms with Crippen LogP contribution in [0.3, 0.4) is 0 Å². The van der Waals surface area contributed by atoms with E-state index in [0.29, 0.717) is 11.7 Å². The van der Waals surface area contributed by atoms with Crippen molar-refractivity contribution in [1.82, 2.24) is 4.98 Å². The minimum atomic E-state index is 0.508. The van der Waals surface area contributed by atoms with Crippen molar-refractivity contribution in [1.29, 1.82) is 0 Å². The fourth-order valence-electron chi connectivity index (χ4n) is 1.39. The fraction of sp³-hybridized carbons (Fsp3) is 0.100. The summed E-state index contributed by atoms with van der Waals surface area (Å²) in [6.45, 7) is 0.525. The number of hydrogen-bond acceptors (Lipinski definition) is 2. The van der Waals surface area contributed by atoms with E-state index in [0.717, 1.165) is 16.3 Å². The Morgan fingerprint density at radius 1 is 1.38 bits per heavy atom. The molecule has 0 aliphatic carbocycles. The zero-order chi connectivity index (χ0) is 9.26.